The first-order valence-electron chi connectivity index (χ1n) is 7.54. The van der Waals surface area contributed by atoms with E-state index in [1.807, 2.05) is 6.07 Å². The third-order valence-corrected chi connectivity index (χ3v) is 3.83. The standard InChI is InChI=1S/C16H21N3O4/c1-11(15(21)22)10-18(2)16(23)17-12-6-3-4-7-13(12)19-9-5-8-14(19)20/h3-4,6-7,11H,5,8-10H2,1-2H3,(H,17,23)(H,21,22). The van der Waals surface area contributed by atoms with Gasteiger partial charge in [-0.3, -0.25) is 9.59 Å². The molecule has 7 nitrogen and oxygen atoms in total. The van der Waals surface area contributed by atoms with E-state index < -0.39 is 17.9 Å². The summed E-state index contributed by atoms with van der Waals surface area (Å²) in [4.78, 5) is 38.0. The van der Waals surface area contributed by atoms with Gasteiger partial charge in [0.15, 0.2) is 0 Å². The number of urea groups is 1. The summed E-state index contributed by atoms with van der Waals surface area (Å²) in [5.41, 5.74) is 1.21. The van der Waals surface area contributed by atoms with Gasteiger partial charge in [0.05, 0.1) is 17.3 Å². The minimum absolute atomic E-state index is 0.0413. The molecule has 0 bridgehead atoms. The molecule has 23 heavy (non-hydrogen) atoms. The molecule has 3 amide bonds. The van der Waals surface area contributed by atoms with Crippen molar-refractivity contribution in [3.63, 3.8) is 0 Å². The molecule has 0 radical (unpaired) electrons. The Morgan fingerprint density at radius 2 is 2.09 bits per heavy atom. The summed E-state index contributed by atoms with van der Waals surface area (Å²) in [6.07, 6.45) is 1.31. The van der Waals surface area contributed by atoms with Gasteiger partial charge in [0.2, 0.25) is 5.91 Å². The summed E-state index contributed by atoms with van der Waals surface area (Å²) < 4.78 is 0. The zero-order valence-corrected chi connectivity index (χ0v) is 13.3. The average molecular weight is 319 g/mol. The number of aliphatic carboxylic acids is 1. The highest BCUT2D eigenvalue weighted by Gasteiger charge is 2.25. The highest BCUT2D eigenvalue weighted by molar-refractivity contribution is 6.01. The van der Waals surface area contributed by atoms with Gasteiger partial charge in [0.1, 0.15) is 0 Å². The first kappa shape index (κ1) is 16.8. The number of hydrogen-bond acceptors (Lipinski definition) is 3. The highest BCUT2D eigenvalue weighted by Crippen LogP contribution is 2.29. The molecule has 7 heteroatoms. The number of rotatable bonds is 5. The van der Waals surface area contributed by atoms with E-state index in [4.69, 9.17) is 5.11 Å². The second kappa shape index (κ2) is 7.13. The van der Waals surface area contributed by atoms with Gasteiger partial charge in [0.25, 0.3) is 0 Å². The molecule has 124 valence electrons. The van der Waals surface area contributed by atoms with Crippen molar-refractivity contribution < 1.29 is 19.5 Å². The second-order valence-electron chi connectivity index (χ2n) is 5.72. The summed E-state index contributed by atoms with van der Waals surface area (Å²) in [6.45, 7) is 2.28. The molecule has 0 saturated carbocycles. The molecule has 0 spiro atoms. The number of nitrogens with zero attached hydrogens (tertiary/aromatic N) is 2. The van der Waals surface area contributed by atoms with Gasteiger partial charge < -0.3 is 20.2 Å². The summed E-state index contributed by atoms with van der Waals surface area (Å²) in [6, 6.07) is 6.70. The van der Waals surface area contributed by atoms with Crippen LogP contribution < -0.4 is 10.2 Å². The Hall–Kier alpha value is -2.57. The highest BCUT2D eigenvalue weighted by atomic mass is 16.4. The van der Waals surface area contributed by atoms with Crippen molar-refractivity contribution in [1.82, 2.24) is 4.90 Å². The monoisotopic (exact) mass is 319 g/mol. The molecule has 0 aromatic heterocycles. The van der Waals surface area contributed by atoms with Crippen LogP contribution in [0.4, 0.5) is 16.2 Å². The van der Waals surface area contributed by atoms with E-state index >= 15 is 0 Å². The van der Waals surface area contributed by atoms with Gasteiger partial charge in [-0.1, -0.05) is 19.1 Å². The van der Waals surface area contributed by atoms with Gasteiger partial charge in [-0.25, -0.2) is 4.79 Å². The lowest BCUT2D eigenvalue weighted by molar-refractivity contribution is -0.141. The molecular weight excluding hydrogens is 298 g/mol. The first-order valence-corrected chi connectivity index (χ1v) is 7.54. The van der Waals surface area contributed by atoms with Crippen LogP contribution in [-0.2, 0) is 9.59 Å². The number of carboxylic acids is 1. The summed E-state index contributed by atoms with van der Waals surface area (Å²) in [5.74, 6) is -1.56. The van der Waals surface area contributed by atoms with Crippen LogP contribution in [-0.4, -0.2) is 48.1 Å². The third kappa shape index (κ3) is 4.00. The molecule has 0 aliphatic carbocycles. The van der Waals surface area contributed by atoms with E-state index in [2.05, 4.69) is 5.32 Å². The minimum Gasteiger partial charge on any atom is -0.481 e. The molecule has 1 aliphatic rings. The summed E-state index contributed by atoms with van der Waals surface area (Å²) in [5, 5.41) is 11.7. The smallest absolute Gasteiger partial charge is 0.321 e. The maximum Gasteiger partial charge on any atom is 0.321 e. The largest absolute Gasteiger partial charge is 0.481 e. The molecular formula is C16H21N3O4. The number of carbonyl (C=O) groups excluding carboxylic acids is 2. The Morgan fingerprint density at radius 1 is 1.39 bits per heavy atom. The van der Waals surface area contributed by atoms with E-state index in [-0.39, 0.29) is 12.5 Å². The zero-order valence-electron chi connectivity index (χ0n) is 13.3. The number of hydrogen-bond donors (Lipinski definition) is 2. The summed E-state index contributed by atoms with van der Waals surface area (Å²) >= 11 is 0. The van der Waals surface area contributed by atoms with Gasteiger partial charge in [-0.2, -0.15) is 0 Å². The number of para-hydroxylation sites is 2. The van der Waals surface area contributed by atoms with Crippen molar-refractivity contribution in [1.29, 1.82) is 0 Å². The Balaban J connectivity index is 2.09. The minimum atomic E-state index is -0.951. The van der Waals surface area contributed by atoms with E-state index in [0.717, 1.165) is 6.42 Å². The van der Waals surface area contributed by atoms with Crippen molar-refractivity contribution in [3.8, 4) is 0 Å². The third-order valence-electron chi connectivity index (χ3n) is 3.83. The van der Waals surface area contributed by atoms with Gasteiger partial charge in [0, 0.05) is 26.6 Å². The maximum atomic E-state index is 12.2. The van der Waals surface area contributed by atoms with Crippen LogP contribution in [0.25, 0.3) is 0 Å². The Kier molecular flexibility index (Phi) is 5.20. The fraction of sp³-hybridized carbons (Fsp3) is 0.438. The predicted molar refractivity (Wildman–Crippen MR) is 86.5 cm³/mol. The lowest BCUT2D eigenvalue weighted by Gasteiger charge is -2.23. The Morgan fingerprint density at radius 3 is 2.70 bits per heavy atom. The molecule has 1 saturated heterocycles. The Bertz CT molecular complexity index is 617. The topological polar surface area (TPSA) is 90.0 Å². The van der Waals surface area contributed by atoms with E-state index in [1.54, 1.807) is 37.1 Å². The van der Waals surface area contributed by atoms with Crippen molar-refractivity contribution >= 4 is 29.3 Å². The zero-order chi connectivity index (χ0) is 17.0. The lowest BCUT2D eigenvalue weighted by Crippen LogP contribution is -2.37. The van der Waals surface area contributed by atoms with Crippen LogP contribution in [0.5, 0.6) is 0 Å². The fourth-order valence-electron chi connectivity index (χ4n) is 2.50. The molecule has 2 N–H and O–H groups in total. The van der Waals surface area contributed by atoms with E-state index in [9.17, 15) is 14.4 Å². The average Bonchev–Trinajstić information content (AvgIpc) is 2.93. The molecule has 1 aromatic rings. The van der Waals surface area contributed by atoms with Crippen LogP contribution in [0.15, 0.2) is 24.3 Å². The van der Waals surface area contributed by atoms with E-state index in [1.165, 1.54) is 4.90 Å². The van der Waals surface area contributed by atoms with Crippen molar-refractivity contribution in [3.05, 3.63) is 24.3 Å². The molecule has 1 unspecified atom stereocenters. The normalized spacial score (nSPS) is 15.4. The van der Waals surface area contributed by atoms with Gasteiger partial charge in [-0.05, 0) is 18.6 Å². The number of anilines is 2. The SMILES string of the molecule is CC(CN(C)C(=O)Nc1ccccc1N1CCCC1=O)C(=O)O. The van der Waals surface area contributed by atoms with Crippen LogP contribution in [0.2, 0.25) is 0 Å². The number of benzene rings is 1. The van der Waals surface area contributed by atoms with Crippen LogP contribution in [0.1, 0.15) is 19.8 Å². The van der Waals surface area contributed by atoms with Crippen molar-refractivity contribution in [2.45, 2.75) is 19.8 Å². The molecule has 1 atom stereocenters. The molecule has 1 fully saturated rings. The van der Waals surface area contributed by atoms with Crippen molar-refractivity contribution in [2.24, 2.45) is 5.92 Å². The number of carbonyl (C=O) groups is 3. The van der Waals surface area contributed by atoms with Gasteiger partial charge >= 0.3 is 12.0 Å². The fourth-order valence-corrected chi connectivity index (χ4v) is 2.50. The van der Waals surface area contributed by atoms with E-state index in [0.29, 0.717) is 24.3 Å². The summed E-state index contributed by atoms with van der Waals surface area (Å²) in [7, 11) is 1.54. The van der Waals surface area contributed by atoms with Crippen LogP contribution >= 0.6 is 0 Å². The molecule has 1 aliphatic heterocycles. The molecule has 1 heterocycles. The lowest BCUT2D eigenvalue weighted by atomic mass is 10.2. The first-order chi connectivity index (χ1) is 10.9. The predicted octanol–water partition coefficient (Wildman–Crippen LogP) is 2.00. The maximum absolute atomic E-state index is 12.2. The molecule has 2 rings (SSSR count). The molecule has 1 aromatic carbocycles. The second-order valence-corrected chi connectivity index (χ2v) is 5.72. The number of carboxylic acid groups (broad SMARTS) is 1. The van der Waals surface area contributed by atoms with Gasteiger partial charge in [-0.15, -0.1) is 0 Å². The van der Waals surface area contributed by atoms with Crippen LogP contribution in [0, 0.1) is 5.92 Å². The number of amides is 3. The number of nitrogens with one attached hydrogen (secondary N) is 1. The quantitative estimate of drug-likeness (QED) is 0.868. The van der Waals surface area contributed by atoms with Crippen molar-refractivity contribution in [2.75, 3.05) is 30.4 Å². The van der Waals surface area contributed by atoms with Crippen LogP contribution in [0.3, 0.4) is 0 Å². The Labute approximate surface area is 134 Å².